The first-order valence-corrected chi connectivity index (χ1v) is 7.17. The van der Waals surface area contributed by atoms with Gasteiger partial charge in [-0.25, -0.2) is 0 Å². The molecule has 1 aliphatic carbocycles. The average molecular weight is 257 g/mol. The number of fused-ring (bicyclic) bond motifs is 3. The molecule has 100 valence electrons. The number of aryl methyl sites for hydroxylation is 2. The average Bonchev–Trinajstić information content (AvgIpc) is 3.24. The molecule has 1 unspecified atom stereocenters. The molecule has 0 bridgehead atoms. The molecule has 1 aromatic carbocycles. The lowest BCUT2D eigenvalue weighted by Gasteiger charge is -2.12. The number of rotatable bonds is 3. The van der Waals surface area contributed by atoms with E-state index in [0.29, 0.717) is 12.7 Å². The Bertz CT molecular complexity index is 625. The predicted octanol–water partition coefficient (Wildman–Crippen LogP) is 2.83. The molecule has 3 nitrogen and oxygen atoms in total. The minimum atomic E-state index is 0.320. The van der Waals surface area contributed by atoms with Crippen LogP contribution in [0.2, 0.25) is 0 Å². The number of hydrogen-bond acceptors (Lipinski definition) is 2. The van der Waals surface area contributed by atoms with Gasteiger partial charge in [-0.3, -0.25) is 0 Å². The molecule has 1 aliphatic heterocycles. The summed E-state index contributed by atoms with van der Waals surface area (Å²) in [7, 11) is 2.19. The molecule has 0 saturated carbocycles. The molecule has 2 heterocycles. The van der Waals surface area contributed by atoms with E-state index in [9.17, 15) is 0 Å². The summed E-state index contributed by atoms with van der Waals surface area (Å²) in [6.45, 7) is 1.53. The van der Waals surface area contributed by atoms with Crippen molar-refractivity contribution in [2.45, 2.75) is 31.8 Å². The highest BCUT2D eigenvalue weighted by Gasteiger charge is 2.23. The summed E-state index contributed by atoms with van der Waals surface area (Å²) >= 11 is 0. The summed E-state index contributed by atoms with van der Waals surface area (Å²) in [6.07, 6.45) is 5.38. The third-order valence-electron chi connectivity index (χ3n) is 4.34. The van der Waals surface area contributed by atoms with Crippen molar-refractivity contribution >= 4 is 10.9 Å². The maximum absolute atomic E-state index is 5.80. The van der Waals surface area contributed by atoms with Gasteiger partial charge in [-0.1, -0.05) is 0 Å². The van der Waals surface area contributed by atoms with Crippen LogP contribution in [0.4, 0.5) is 0 Å². The Morgan fingerprint density at radius 2 is 2.16 bits per heavy atom. The van der Waals surface area contributed by atoms with Gasteiger partial charge >= 0.3 is 0 Å². The van der Waals surface area contributed by atoms with Crippen LogP contribution in [0.5, 0.6) is 5.75 Å². The highest BCUT2D eigenvalue weighted by Crippen LogP contribution is 2.33. The van der Waals surface area contributed by atoms with Crippen LogP contribution in [-0.4, -0.2) is 23.9 Å². The van der Waals surface area contributed by atoms with Crippen LogP contribution in [0.25, 0.3) is 10.9 Å². The van der Waals surface area contributed by atoms with Crippen LogP contribution < -0.4 is 4.74 Å². The van der Waals surface area contributed by atoms with E-state index in [1.54, 1.807) is 0 Å². The minimum absolute atomic E-state index is 0.320. The number of epoxide rings is 1. The fourth-order valence-electron chi connectivity index (χ4n) is 3.19. The molecule has 0 amide bonds. The standard InChI is InChI=1S/C16H19NO2/c1-17-15-5-3-2-4-13(15)14-8-11(6-7-16(14)17)18-9-12-10-19-12/h6-8,12H,2-5,9-10H2,1H3. The lowest BCUT2D eigenvalue weighted by atomic mass is 9.95. The quantitative estimate of drug-likeness (QED) is 0.790. The third-order valence-corrected chi connectivity index (χ3v) is 4.34. The van der Waals surface area contributed by atoms with Crippen LogP contribution in [0.15, 0.2) is 18.2 Å². The molecule has 2 aromatic rings. The van der Waals surface area contributed by atoms with Gasteiger partial charge in [0, 0.05) is 23.6 Å². The van der Waals surface area contributed by atoms with Crippen molar-refractivity contribution in [3.05, 3.63) is 29.5 Å². The largest absolute Gasteiger partial charge is 0.491 e. The molecule has 2 aliphatic rings. The summed E-state index contributed by atoms with van der Waals surface area (Å²) in [5, 5.41) is 1.38. The van der Waals surface area contributed by atoms with Crippen molar-refractivity contribution in [2.75, 3.05) is 13.2 Å². The van der Waals surface area contributed by atoms with E-state index in [2.05, 4.69) is 29.8 Å². The Balaban J connectivity index is 1.74. The third kappa shape index (κ3) is 1.93. The molecule has 4 rings (SSSR count). The molecule has 0 radical (unpaired) electrons. The highest BCUT2D eigenvalue weighted by molar-refractivity contribution is 5.87. The predicted molar refractivity (Wildman–Crippen MR) is 74.8 cm³/mol. The summed E-state index contributed by atoms with van der Waals surface area (Å²) in [6, 6.07) is 6.48. The topological polar surface area (TPSA) is 26.7 Å². The summed E-state index contributed by atoms with van der Waals surface area (Å²) in [5.41, 5.74) is 4.39. The second kappa shape index (κ2) is 4.27. The van der Waals surface area contributed by atoms with Gasteiger partial charge in [0.1, 0.15) is 18.5 Å². The first-order valence-electron chi connectivity index (χ1n) is 7.17. The van der Waals surface area contributed by atoms with E-state index in [1.165, 1.54) is 47.8 Å². The van der Waals surface area contributed by atoms with E-state index in [4.69, 9.17) is 9.47 Å². The zero-order valence-corrected chi connectivity index (χ0v) is 11.3. The fraction of sp³-hybridized carbons (Fsp3) is 0.500. The lowest BCUT2D eigenvalue weighted by molar-refractivity contribution is 0.263. The maximum Gasteiger partial charge on any atom is 0.120 e. The van der Waals surface area contributed by atoms with E-state index in [1.807, 2.05) is 0 Å². The smallest absolute Gasteiger partial charge is 0.120 e. The zero-order valence-electron chi connectivity index (χ0n) is 11.3. The second-order valence-electron chi connectivity index (χ2n) is 5.64. The minimum Gasteiger partial charge on any atom is -0.491 e. The van der Waals surface area contributed by atoms with Gasteiger partial charge in [-0.15, -0.1) is 0 Å². The van der Waals surface area contributed by atoms with Crippen molar-refractivity contribution in [1.82, 2.24) is 4.57 Å². The highest BCUT2D eigenvalue weighted by atomic mass is 16.6. The van der Waals surface area contributed by atoms with Crippen molar-refractivity contribution in [3.63, 3.8) is 0 Å². The molecule has 1 atom stereocenters. The number of nitrogens with zero attached hydrogens (tertiary/aromatic N) is 1. The summed E-state index contributed by atoms with van der Waals surface area (Å²) in [5.74, 6) is 0.974. The molecule has 1 saturated heterocycles. The van der Waals surface area contributed by atoms with Gasteiger partial charge in [0.05, 0.1) is 6.61 Å². The Kier molecular flexibility index (Phi) is 2.55. The Morgan fingerprint density at radius 3 is 3.00 bits per heavy atom. The second-order valence-corrected chi connectivity index (χ2v) is 5.64. The SMILES string of the molecule is Cn1c2c(c3cc(OCC4CO4)ccc31)CCCC2. The first-order chi connectivity index (χ1) is 9.33. The molecular formula is C16H19NO2. The molecule has 1 fully saturated rings. The number of hydrogen-bond donors (Lipinski definition) is 0. The number of ether oxygens (including phenoxy) is 2. The van der Waals surface area contributed by atoms with Crippen molar-refractivity contribution < 1.29 is 9.47 Å². The van der Waals surface area contributed by atoms with E-state index >= 15 is 0 Å². The van der Waals surface area contributed by atoms with Crippen LogP contribution in [0, 0.1) is 0 Å². The number of benzene rings is 1. The van der Waals surface area contributed by atoms with Crippen molar-refractivity contribution in [2.24, 2.45) is 7.05 Å². The normalized spacial score (nSPS) is 21.4. The van der Waals surface area contributed by atoms with Gasteiger partial charge in [0.15, 0.2) is 0 Å². The molecule has 3 heteroatoms. The molecule has 0 N–H and O–H groups in total. The van der Waals surface area contributed by atoms with Gasteiger partial charge < -0.3 is 14.0 Å². The van der Waals surface area contributed by atoms with E-state index in [0.717, 1.165) is 12.4 Å². The number of aromatic nitrogens is 1. The van der Waals surface area contributed by atoms with E-state index < -0.39 is 0 Å². The Morgan fingerprint density at radius 1 is 1.32 bits per heavy atom. The van der Waals surface area contributed by atoms with E-state index in [-0.39, 0.29) is 0 Å². The van der Waals surface area contributed by atoms with Crippen molar-refractivity contribution in [3.8, 4) is 5.75 Å². The summed E-state index contributed by atoms with van der Waals surface area (Å²) in [4.78, 5) is 0. The van der Waals surface area contributed by atoms with Crippen LogP contribution >= 0.6 is 0 Å². The van der Waals surface area contributed by atoms with Crippen LogP contribution in [0.3, 0.4) is 0 Å². The van der Waals surface area contributed by atoms with Gasteiger partial charge in [-0.2, -0.15) is 0 Å². The molecular weight excluding hydrogens is 238 g/mol. The summed E-state index contributed by atoms with van der Waals surface area (Å²) < 4.78 is 13.3. The maximum atomic E-state index is 5.80. The van der Waals surface area contributed by atoms with Gasteiger partial charge in [0.25, 0.3) is 0 Å². The Labute approximate surface area is 113 Å². The van der Waals surface area contributed by atoms with Gasteiger partial charge in [0.2, 0.25) is 0 Å². The van der Waals surface area contributed by atoms with Crippen molar-refractivity contribution in [1.29, 1.82) is 0 Å². The van der Waals surface area contributed by atoms with Gasteiger partial charge in [-0.05, 0) is 49.4 Å². The molecule has 0 spiro atoms. The lowest BCUT2D eigenvalue weighted by Crippen LogP contribution is -2.04. The molecule has 19 heavy (non-hydrogen) atoms. The zero-order chi connectivity index (χ0) is 12.8. The monoisotopic (exact) mass is 257 g/mol. The first kappa shape index (κ1) is 11.4. The van der Waals surface area contributed by atoms with Crippen LogP contribution in [0.1, 0.15) is 24.1 Å². The fourth-order valence-corrected chi connectivity index (χ4v) is 3.19. The Hall–Kier alpha value is -1.48. The van der Waals surface area contributed by atoms with Crippen LogP contribution in [-0.2, 0) is 24.6 Å². The molecule has 1 aromatic heterocycles.